The van der Waals surface area contributed by atoms with Gasteiger partial charge in [0.25, 0.3) is 0 Å². The highest BCUT2D eigenvalue weighted by atomic mass is 14.3. The molecule has 0 radical (unpaired) electrons. The minimum absolute atomic E-state index is 0.336. The number of hydrogen-bond acceptors (Lipinski definition) is 0. The quantitative estimate of drug-likeness (QED) is 0.640. The van der Waals surface area contributed by atoms with Gasteiger partial charge < -0.3 is 0 Å². The first-order valence-corrected chi connectivity index (χ1v) is 6.62. The van der Waals surface area contributed by atoms with Gasteiger partial charge in [-0.3, -0.25) is 0 Å². The van der Waals surface area contributed by atoms with Crippen LogP contribution in [0.1, 0.15) is 36.5 Å². The van der Waals surface area contributed by atoms with Crippen LogP contribution in [0.25, 0.3) is 6.08 Å². The van der Waals surface area contributed by atoms with Gasteiger partial charge >= 0.3 is 0 Å². The maximum Gasteiger partial charge on any atom is 0.0339 e. The van der Waals surface area contributed by atoms with E-state index in [1.807, 2.05) is 19.9 Å². The van der Waals surface area contributed by atoms with E-state index in [9.17, 15) is 0 Å². The van der Waals surface area contributed by atoms with E-state index in [-0.39, 0.29) is 0 Å². The molecule has 2 aliphatic carbocycles. The van der Waals surface area contributed by atoms with Crippen LogP contribution in [0.5, 0.6) is 0 Å². The zero-order valence-electron chi connectivity index (χ0n) is 11.2. The number of benzene rings is 1. The fourth-order valence-corrected chi connectivity index (χ4v) is 2.71. The van der Waals surface area contributed by atoms with E-state index in [2.05, 4.69) is 49.6 Å². The molecule has 0 fully saturated rings. The SMILES string of the molecule is C=CC1=CCc2cccc3c2C1C(=C)C=C3.CC. The molecular formula is C18H20. The van der Waals surface area contributed by atoms with Crippen LogP contribution in [0.3, 0.4) is 0 Å². The molecule has 18 heavy (non-hydrogen) atoms. The molecule has 0 heteroatoms. The zero-order valence-corrected chi connectivity index (χ0v) is 11.2. The van der Waals surface area contributed by atoms with Gasteiger partial charge in [0.15, 0.2) is 0 Å². The van der Waals surface area contributed by atoms with E-state index in [0.717, 1.165) is 6.42 Å². The van der Waals surface area contributed by atoms with E-state index in [1.165, 1.54) is 27.8 Å². The molecule has 0 heterocycles. The molecule has 1 aromatic rings. The Balaban J connectivity index is 0.000000574. The Labute approximate surface area is 110 Å². The molecule has 0 spiro atoms. The molecule has 1 unspecified atom stereocenters. The van der Waals surface area contributed by atoms with Crippen molar-refractivity contribution in [1.29, 1.82) is 0 Å². The molecule has 0 nitrogen and oxygen atoms in total. The van der Waals surface area contributed by atoms with Gasteiger partial charge in [0.1, 0.15) is 0 Å². The maximum atomic E-state index is 4.16. The Morgan fingerprint density at radius 1 is 1.22 bits per heavy atom. The molecule has 1 aromatic carbocycles. The monoisotopic (exact) mass is 236 g/mol. The van der Waals surface area contributed by atoms with E-state index < -0.39 is 0 Å². The second-order valence-electron chi connectivity index (χ2n) is 4.37. The third-order valence-corrected chi connectivity index (χ3v) is 3.49. The van der Waals surface area contributed by atoms with E-state index in [1.54, 1.807) is 0 Å². The summed E-state index contributed by atoms with van der Waals surface area (Å²) in [7, 11) is 0. The van der Waals surface area contributed by atoms with Gasteiger partial charge in [0.05, 0.1) is 0 Å². The molecule has 0 saturated heterocycles. The van der Waals surface area contributed by atoms with Crippen LogP contribution < -0.4 is 0 Å². The summed E-state index contributed by atoms with van der Waals surface area (Å²) in [6.45, 7) is 12.1. The number of hydrogen-bond donors (Lipinski definition) is 0. The van der Waals surface area contributed by atoms with Crippen molar-refractivity contribution >= 4 is 6.08 Å². The van der Waals surface area contributed by atoms with Crippen LogP contribution >= 0.6 is 0 Å². The molecule has 3 rings (SSSR count). The summed E-state index contributed by atoms with van der Waals surface area (Å²) in [4.78, 5) is 0. The van der Waals surface area contributed by atoms with Gasteiger partial charge in [-0.1, -0.05) is 69.5 Å². The fourth-order valence-electron chi connectivity index (χ4n) is 2.71. The lowest BCUT2D eigenvalue weighted by Crippen LogP contribution is -2.15. The molecule has 2 aliphatic rings. The van der Waals surface area contributed by atoms with Gasteiger partial charge in [0.2, 0.25) is 0 Å². The van der Waals surface area contributed by atoms with Gasteiger partial charge in [-0.25, -0.2) is 0 Å². The third-order valence-electron chi connectivity index (χ3n) is 3.49. The predicted octanol–water partition coefficient (Wildman–Crippen LogP) is 5.05. The Morgan fingerprint density at radius 3 is 2.72 bits per heavy atom. The van der Waals surface area contributed by atoms with Crippen LogP contribution in [0.2, 0.25) is 0 Å². The summed E-state index contributed by atoms with van der Waals surface area (Å²) >= 11 is 0. The number of rotatable bonds is 1. The number of allylic oxidation sites excluding steroid dienone is 5. The minimum Gasteiger partial charge on any atom is -0.0988 e. The van der Waals surface area contributed by atoms with Crippen LogP contribution in [0, 0.1) is 0 Å². The Hall–Kier alpha value is -1.82. The van der Waals surface area contributed by atoms with Crippen molar-refractivity contribution < 1.29 is 0 Å². The second kappa shape index (κ2) is 5.22. The third kappa shape index (κ3) is 1.88. The minimum atomic E-state index is 0.336. The van der Waals surface area contributed by atoms with E-state index in [0.29, 0.717) is 5.92 Å². The van der Waals surface area contributed by atoms with Crippen LogP contribution in [0.4, 0.5) is 0 Å². The normalized spacial score (nSPS) is 19.3. The van der Waals surface area contributed by atoms with Gasteiger partial charge in [-0.05, 0) is 34.3 Å². The van der Waals surface area contributed by atoms with Gasteiger partial charge in [-0.2, -0.15) is 0 Å². The summed E-state index contributed by atoms with van der Waals surface area (Å²) in [5.74, 6) is 0.336. The Kier molecular flexibility index (Phi) is 3.66. The summed E-state index contributed by atoms with van der Waals surface area (Å²) in [6, 6.07) is 6.53. The standard InChI is InChI=1S/C16H14.C2H6/c1-3-12-9-10-14-6-4-5-13-8-7-11(2)15(12)16(13)14;1-2/h3-9,15H,1-2,10H2;1-2H3. The fraction of sp³-hybridized carbons (Fsp3) is 0.222. The highest BCUT2D eigenvalue weighted by Gasteiger charge is 2.27. The van der Waals surface area contributed by atoms with Crippen LogP contribution in [-0.2, 0) is 6.42 Å². The molecule has 92 valence electrons. The van der Waals surface area contributed by atoms with Crippen molar-refractivity contribution in [3.8, 4) is 0 Å². The van der Waals surface area contributed by atoms with Crippen molar-refractivity contribution in [2.45, 2.75) is 26.2 Å². The first-order valence-electron chi connectivity index (χ1n) is 6.62. The highest BCUT2D eigenvalue weighted by molar-refractivity contribution is 5.69. The summed E-state index contributed by atoms with van der Waals surface area (Å²) in [6.07, 6.45) is 9.55. The zero-order chi connectivity index (χ0) is 13.1. The molecule has 0 saturated carbocycles. The van der Waals surface area contributed by atoms with Gasteiger partial charge in [0, 0.05) is 5.92 Å². The molecule has 0 aliphatic heterocycles. The molecule has 0 amide bonds. The Morgan fingerprint density at radius 2 is 2.00 bits per heavy atom. The van der Waals surface area contributed by atoms with E-state index in [4.69, 9.17) is 0 Å². The molecular weight excluding hydrogens is 216 g/mol. The predicted molar refractivity (Wildman–Crippen MR) is 80.7 cm³/mol. The lowest BCUT2D eigenvalue weighted by atomic mass is 9.73. The molecule has 0 bridgehead atoms. The largest absolute Gasteiger partial charge is 0.0988 e. The summed E-state index contributed by atoms with van der Waals surface area (Å²) < 4.78 is 0. The molecule has 1 atom stereocenters. The highest BCUT2D eigenvalue weighted by Crippen LogP contribution is 2.43. The first-order chi connectivity index (χ1) is 8.81. The average molecular weight is 236 g/mol. The lowest BCUT2D eigenvalue weighted by Gasteiger charge is -2.30. The first kappa shape index (κ1) is 12.6. The molecule has 0 aromatic heterocycles. The average Bonchev–Trinajstić information content (AvgIpc) is 2.45. The summed E-state index contributed by atoms with van der Waals surface area (Å²) in [5.41, 5.74) is 6.67. The van der Waals surface area contributed by atoms with Gasteiger partial charge in [-0.15, -0.1) is 0 Å². The molecule has 0 N–H and O–H groups in total. The van der Waals surface area contributed by atoms with Crippen molar-refractivity contribution in [3.05, 3.63) is 77.4 Å². The van der Waals surface area contributed by atoms with Crippen molar-refractivity contribution in [2.75, 3.05) is 0 Å². The topological polar surface area (TPSA) is 0 Å². The summed E-state index contributed by atoms with van der Waals surface area (Å²) in [5, 5.41) is 0. The lowest BCUT2D eigenvalue weighted by molar-refractivity contribution is 0.904. The second-order valence-corrected chi connectivity index (χ2v) is 4.37. The van der Waals surface area contributed by atoms with Crippen molar-refractivity contribution in [1.82, 2.24) is 0 Å². The van der Waals surface area contributed by atoms with Crippen molar-refractivity contribution in [2.24, 2.45) is 0 Å². The van der Waals surface area contributed by atoms with Crippen molar-refractivity contribution in [3.63, 3.8) is 0 Å². The van der Waals surface area contributed by atoms with E-state index >= 15 is 0 Å². The van der Waals surface area contributed by atoms with Crippen LogP contribution in [0.15, 0.2) is 60.7 Å². The Bertz CT molecular complexity index is 541. The van der Waals surface area contributed by atoms with Crippen LogP contribution in [-0.4, -0.2) is 0 Å². The maximum absolute atomic E-state index is 4.16. The smallest absolute Gasteiger partial charge is 0.0339 e.